The van der Waals surface area contributed by atoms with E-state index in [1.165, 1.54) is 24.3 Å². The Morgan fingerprint density at radius 3 is 2.15 bits per heavy atom. The first-order valence-corrected chi connectivity index (χ1v) is 11.5. The zero-order valence-electron chi connectivity index (χ0n) is 19.6. The van der Waals surface area contributed by atoms with Gasteiger partial charge in [0.1, 0.15) is 5.60 Å². The third kappa shape index (κ3) is 8.20. The Kier molecular flexibility index (Phi) is 9.05. The first-order valence-electron chi connectivity index (χ1n) is 10.7. The third-order valence-electron chi connectivity index (χ3n) is 5.13. The number of carbonyl (C=O) groups excluding carboxylic acids is 2. The van der Waals surface area contributed by atoms with E-state index in [4.69, 9.17) is 27.9 Å². The maximum atomic E-state index is 13.3. The summed E-state index contributed by atoms with van der Waals surface area (Å²) < 4.78 is 45.2. The lowest BCUT2D eigenvalue weighted by molar-refractivity contribution is -0.159. The van der Waals surface area contributed by atoms with Gasteiger partial charge in [0.2, 0.25) is 5.91 Å². The van der Waals surface area contributed by atoms with Crippen molar-refractivity contribution >= 4 is 40.8 Å². The number of hydrogen-bond acceptors (Lipinski definition) is 3. The van der Waals surface area contributed by atoms with Crippen LogP contribution in [0.25, 0.3) is 0 Å². The molecule has 0 bridgehead atoms. The first kappa shape index (κ1) is 28.0. The van der Waals surface area contributed by atoms with Gasteiger partial charge >= 0.3 is 12.1 Å². The predicted octanol–water partition coefficient (Wildman–Crippen LogP) is 7.50. The van der Waals surface area contributed by atoms with Crippen LogP contribution in [0, 0.1) is 12.8 Å². The van der Waals surface area contributed by atoms with Crippen molar-refractivity contribution in [3.05, 3.63) is 63.1 Å². The number of rotatable bonds is 7. The molecule has 1 amide bonds. The van der Waals surface area contributed by atoms with Crippen LogP contribution < -0.4 is 5.32 Å². The normalized spacial score (nSPS) is 13.8. The summed E-state index contributed by atoms with van der Waals surface area (Å²) in [5.41, 5.74) is 1.05. The molecule has 1 N–H and O–H groups in total. The van der Waals surface area contributed by atoms with Gasteiger partial charge in [0.05, 0.1) is 29.0 Å². The molecule has 0 aliphatic heterocycles. The second-order valence-corrected chi connectivity index (χ2v) is 10.1. The molecule has 4 nitrogen and oxygen atoms in total. The summed E-state index contributed by atoms with van der Waals surface area (Å²) in [5, 5.41) is 3.10. The molecule has 9 heteroatoms. The lowest BCUT2D eigenvalue weighted by Gasteiger charge is -2.23. The Labute approximate surface area is 207 Å². The monoisotopic (exact) mass is 517 g/mol. The average molecular weight is 518 g/mol. The van der Waals surface area contributed by atoms with Gasteiger partial charge in [-0.05, 0) is 69.0 Å². The van der Waals surface area contributed by atoms with Gasteiger partial charge in [-0.25, -0.2) is 0 Å². The summed E-state index contributed by atoms with van der Waals surface area (Å²) in [6.45, 7) is 8.74. The van der Waals surface area contributed by atoms with Gasteiger partial charge in [-0.15, -0.1) is 0 Å². The molecule has 0 aliphatic rings. The van der Waals surface area contributed by atoms with Gasteiger partial charge in [0, 0.05) is 5.02 Å². The minimum atomic E-state index is -4.56. The smallest absolute Gasteiger partial charge is 0.390 e. The largest absolute Gasteiger partial charge is 0.460 e. The summed E-state index contributed by atoms with van der Waals surface area (Å²) >= 11 is 12.1. The van der Waals surface area contributed by atoms with Crippen LogP contribution in [0.1, 0.15) is 56.7 Å². The number of alkyl halides is 3. The van der Waals surface area contributed by atoms with Crippen molar-refractivity contribution in [2.24, 2.45) is 5.92 Å². The minimum absolute atomic E-state index is 0.182. The highest BCUT2D eigenvalue weighted by Gasteiger charge is 2.36. The molecule has 0 radical (unpaired) electrons. The summed E-state index contributed by atoms with van der Waals surface area (Å²) in [7, 11) is 0. The Hall–Kier alpha value is -2.25. The molecule has 2 rings (SSSR count). The Balaban J connectivity index is 2.31. The van der Waals surface area contributed by atoms with Gasteiger partial charge in [0.15, 0.2) is 0 Å². The molecule has 2 aromatic carbocycles. The number of nitrogens with one attached hydrogen (secondary N) is 1. The highest BCUT2D eigenvalue weighted by Crippen LogP contribution is 2.35. The van der Waals surface area contributed by atoms with Gasteiger partial charge in [0.25, 0.3) is 0 Å². The quantitative estimate of drug-likeness (QED) is 0.387. The lowest BCUT2D eigenvalue weighted by atomic mass is 9.93. The van der Waals surface area contributed by atoms with Crippen molar-refractivity contribution in [2.75, 3.05) is 5.32 Å². The maximum Gasteiger partial charge on any atom is 0.390 e. The third-order valence-corrected chi connectivity index (χ3v) is 5.70. The van der Waals surface area contributed by atoms with Crippen molar-refractivity contribution in [2.45, 2.75) is 65.2 Å². The number of halogens is 5. The molecule has 2 atom stereocenters. The number of anilines is 1. The van der Waals surface area contributed by atoms with E-state index in [0.717, 1.165) is 5.56 Å². The van der Waals surface area contributed by atoms with E-state index in [0.29, 0.717) is 17.0 Å². The number of benzene rings is 2. The van der Waals surface area contributed by atoms with Gasteiger partial charge in [-0.1, -0.05) is 48.3 Å². The molecule has 2 aromatic rings. The van der Waals surface area contributed by atoms with E-state index in [2.05, 4.69) is 5.32 Å². The van der Waals surface area contributed by atoms with Crippen LogP contribution in [0.2, 0.25) is 10.0 Å². The number of carbonyl (C=O) groups is 2. The molecule has 0 fully saturated rings. The second kappa shape index (κ2) is 11.0. The standard InChI is InChI=1S/C25H28Cl2F3NO3/c1-14(23(33)34-24(3,4)5)12-17-8-11-20(27)21(15(17)2)31-22(32)19(13-25(28,29)30)16-6-9-18(26)10-7-16/h6-11,14,19H,12-13H2,1-5H3,(H,31,32)/t14-,19+/m1/s1. The van der Waals surface area contributed by atoms with Crippen LogP contribution in [0.4, 0.5) is 18.9 Å². The Morgan fingerprint density at radius 1 is 1.03 bits per heavy atom. The van der Waals surface area contributed by atoms with E-state index in [1.807, 2.05) is 0 Å². The number of hydrogen-bond donors (Lipinski definition) is 1. The van der Waals surface area contributed by atoms with E-state index < -0.39 is 35.9 Å². The van der Waals surface area contributed by atoms with Crippen LogP contribution in [0.15, 0.2) is 36.4 Å². The summed E-state index contributed by atoms with van der Waals surface area (Å²) in [6, 6.07) is 8.93. The zero-order valence-corrected chi connectivity index (χ0v) is 21.2. The molecule has 0 aromatic heterocycles. The average Bonchev–Trinajstić information content (AvgIpc) is 2.70. The second-order valence-electron chi connectivity index (χ2n) is 9.26. The molecular formula is C25H28Cl2F3NO3. The maximum absolute atomic E-state index is 13.3. The topological polar surface area (TPSA) is 55.4 Å². The van der Waals surface area contributed by atoms with Crippen LogP contribution in [0.3, 0.4) is 0 Å². The van der Waals surface area contributed by atoms with Crippen molar-refractivity contribution in [3.8, 4) is 0 Å². The fourth-order valence-corrected chi connectivity index (χ4v) is 3.79. The first-order chi connectivity index (χ1) is 15.6. The van der Waals surface area contributed by atoms with Crippen molar-refractivity contribution < 1.29 is 27.5 Å². The summed E-state index contributed by atoms with van der Waals surface area (Å²) in [6.07, 6.45) is -5.60. The fourth-order valence-electron chi connectivity index (χ4n) is 3.41. The van der Waals surface area contributed by atoms with E-state index in [9.17, 15) is 22.8 Å². The van der Waals surface area contributed by atoms with Gasteiger partial charge < -0.3 is 10.1 Å². The molecular weight excluding hydrogens is 490 g/mol. The lowest BCUT2D eigenvalue weighted by Crippen LogP contribution is -2.28. The fraction of sp³-hybridized carbons (Fsp3) is 0.440. The summed E-state index contributed by atoms with van der Waals surface area (Å²) in [5.74, 6) is -3.19. The molecule has 0 unspecified atom stereocenters. The van der Waals surface area contributed by atoms with Crippen LogP contribution >= 0.6 is 23.2 Å². The Bertz CT molecular complexity index is 1030. The van der Waals surface area contributed by atoms with Crippen LogP contribution in [-0.4, -0.2) is 23.7 Å². The SMILES string of the molecule is Cc1c(C[C@@H](C)C(=O)OC(C)(C)C)ccc(Cl)c1NC(=O)[C@@H](CC(F)(F)F)c1ccc(Cl)cc1. The predicted molar refractivity (Wildman–Crippen MR) is 128 cm³/mol. The molecule has 0 heterocycles. The molecule has 34 heavy (non-hydrogen) atoms. The summed E-state index contributed by atoms with van der Waals surface area (Å²) in [4.78, 5) is 25.4. The van der Waals surface area contributed by atoms with Gasteiger partial charge in [-0.3, -0.25) is 9.59 Å². The minimum Gasteiger partial charge on any atom is -0.460 e. The van der Waals surface area contributed by atoms with Crippen molar-refractivity contribution in [1.82, 2.24) is 0 Å². The van der Waals surface area contributed by atoms with Crippen molar-refractivity contribution in [1.29, 1.82) is 0 Å². The number of esters is 1. The highest BCUT2D eigenvalue weighted by atomic mass is 35.5. The molecule has 0 aliphatic carbocycles. The number of amides is 1. The molecule has 0 saturated heterocycles. The van der Waals surface area contributed by atoms with Gasteiger partial charge in [-0.2, -0.15) is 13.2 Å². The van der Waals surface area contributed by atoms with Crippen LogP contribution in [0.5, 0.6) is 0 Å². The number of ether oxygens (including phenoxy) is 1. The van der Waals surface area contributed by atoms with E-state index in [-0.39, 0.29) is 22.2 Å². The molecule has 186 valence electrons. The molecule has 0 saturated carbocycles. The Morgan fingerprint density at radius 2 is 1.62 bits per heavy atom. The van der Waals surface area contributed by atoms with E-state index in [1.54, 1.807) is 46.8 Å². The molecule has 0 spiro atoms. The van der Waals surface area contributed by atoms with E-state index >= 15 is 0 Å². The van der Waals surface area contributed by atoms with Crippen molar-refractivity contribution in [3.63, 3.8) is 0 Å². The van der Waals surface area contributed by atoms with Crippen LogP contribution in [-0.2, 0) is 20.7 Å². The zero-order chi connectivity index (χ0) is 25.8. The highest BCUT2D eigenvalue weighted by molar-refractivity contribution is 6.34.